The number of nitrogens with one attached hydrogen (secondary N) is 1. The largest absolute Gasteiger partial charge is 0.348 e. The van der Waals surface area contributed by atoms with E-state index in [2.05, 4.69) is 10.3 Å². The number of allylic oxidation sites excluding steroid dienone is 1. The number of aliphatic imine (C=N–C) groups is 1. The van der Waals surface area contributed by atoms with Crippen molar-refractivity contribution >= 4 is 23.8 Å². The Balaban J connectivity index is 2.42. The Labute approximate surface area is 142 Å². The summed E-state index contributed by atoms with van der Waals surface area (Å²) >= 11 is 0. The Morgan fingerprint density at radius 1 is 1.33 bits per heavy atom. The lowest BCUT2D eigenvalue weighted by Crippen LogP contribution is -2.49. The maximum Gasteiger partial charge on any atom is 0.325 e. The molecule has 1 aromatic carbocycles. The van der Waals surface area contributed by atoms with Gasteiger partial charge < -0.3 is 15.0 Å². The molecule has 0 aliphatic carbocycles. The van der Waals surface area contributed by atoms with Gasteiger partial charge in [-0.2, -0.15) is 0 Å². The summed E-state index contributed by atoms with van der Waals surface area (Å²) < 4.78 is 0. The van der Waals surface area contributed by atoms with Gasteiger partial charge in [-0.1, -0.05) is 18.2 Å². The zero-order valence-corrected chi connectivity index (χ0v) is 14.4. The molecule has 0 saturated carbocycles. The van der Waals surface area contributed by atoms with Crippen molar-refractivity contribution in [2.24, 2.45) is 4.99 Å². The Kier molecular flexibility index (Phi) is 6.12. The van der Waals surface area contributed by atoms with E-state index >= 15 is 0 Å². The molecule has 1 unspecified atom stereocenters. The lowest BCUT2D eigenvalue weighted by atomic mass is 10.1. The van der Waals surface area contributed by atoms with E-state index in [0.717, 1.165) is 23.5 Å². The molecule has 6 nitrogen and oxygen atoms in total. The fraction of sp³-hybridized carbons (Fsp3) is 0.389. The van der Waals surface area contributed by atoms with Gasteiger partial charge in [0.15, 0.2) is 0 Å². The van der Waals surface area contributed by atoms with E-state index in [0.29, 0.717) is 13.1 Å². The molecular formula is C18H24N4O2. The first kappa shape index (κ1) is 17.7. The van der Waals surface area contributed by atoms with E-state index in [1.54, 1.807) is 4.90 Å². The molecule has 0 aromatic heterocycles. The summed E-state index contributed by atoms with van der Waals surface area (Å²) in [6.07, 6.45) is 2.75. The number of urea groups is 1. The van der Waals surface area contributed by atoms with Gasteiger partial charge in [-0.25, -0.2) is 4.79 Å². The number of likely N-dealkylation sites (N-methyl/N-ethyl adjacent to an activating group) is 1. The monoisotopic (exact) mass is 328 g/mol. The zero-order valence-electron chi connectivity index (χ0n) is 14.4. The number of carbonyl (C=O) groups is 2. The molecule has 0 saturated heterocycles. The minimum Gasteiger partial charge on any atom is -0.348 e. The number of amidine groups is 1. The molecule has 2 rings (SSSR count). The van der Waals surface area contributed by atoms with Crippen LogP contribution in [0.2, 0.25) is 0 Å². The molecule has 0 spiro atoms. The van der Waals surface area contributed by atoms with Crippen LogP contribution in [0.3, 0.4) is 0 Å². The van der Waals surface area contributed by atoms with Crippen molar-refractivity contribution in [1.82, 2.24) is 10.2 Å². The predicted octanol–water partition coefficient (Wildman–Crippen LogP) is 2.43. The van der Waals surface area contributed by atoms with Gasteiger partial charge in [-0.15, -0.1) is 0 Å². The molecule has 0 fully saturated rings. The summed E-state index contributed by atoms with van der Waals surface area (Å²) in [6.45, 7) is 6.73. The van der Waals surface area contributed by atoms with E-state index in [-0.39, 0.29) is 18.6 Å². The quantitative estimate of drug-likeness (QED) is 0.844. The molecule has 24 heavy (non-hydrogen) atoms. The summed E-state index contributed by atoms with van der Waals surface area (Å²) in [5, 5.41) is 3.19. The first-order valence-electron chi connectivity index (χ1n) is 8.10. The van der Waals surface area contributed by atoms with Gasteiger partial charge in [-0.3, -0.25) is 9.89 Å². The minimum absolute atomic E-state index is 0.0780. The summed E-state index contributed by atoms with van der Waals surface area (Å²) in [5.74, 6) is 0.826. The molecule has 6 heteroatoms. The Morgan fingerprint density at radius 2 is 2.04 bits per heavy atom. The van der Waals surface area contributed by atoms with Crippen molar-refractivity contribution in [2.45, 2.75) is 26.8 Å². The minimum atomic E-state index is -0.217. The zero-order chi connectivity index (χ0) is 17.5. The first-order valence-corrected chi connectivity index (χ1v) is 8.10. The second-order valence-corrected chi connectivity index (χ2v) is 5.66. The number of hydrogen-bond acceptors (Lipinski definition) is 4. The van der Waals surface area contributed by atoms with E-state index in [9.17, 15) is 9.59 Å². The normalized spacial score (nSPS) is 17.0. The van der Waals surface area contributed by atoms with Gasteiger partial charge in [0.1, 0.15) is 6.29 Å². The van der Waals surface area contributed by atoms with Crippen LogP contribution >= 0.6 is 0 Å². The van der Waals surface area contributed by atoms with Gasteiger partial charge in [0.25, 0.3) is 0 Å². The molecule has 1 aromatic rings. The van der Waals surface area contributed by atoms with Crippen LogP contribution in [-0.4, -0.2) is 48.7 Å². The SMILES string of the molecule is CCN(CC=O)C(=O)N(c1ccccc1)C1C=C(C)NC(C)=NC1. The van der Waals surface area contributed by atoms with E-state index in [4.69, 9.17) is 0 Å². The van der Waals surface area contributed by atoms with Gasteiger partial charge >= 0.3 is 6.03 Å². The van der Waals surface area contributed by atoms with E-state index in [1.807, 2.05) is 57.2 Å². The number of aldehydes is 1. The second-order valence-electron chi connectivity index (χ2n) is 5.66. The fourth-order valence-corrected chi connectivity index (χ4v) is 2.71. The number of benzene rings is 1. The molecule has 2 amide bonds. The number of carbonyl (C=O) groups excluding carboxylic acids is 2. The summed E-state index contributed by atoms with van der Waals surface area (Å²) in [7, 11) is 0. The Hall–Kier alpha value is -2.63. The number of para-hydroxylation sites is 1. The van der Waals surface area contributed by atoms with Crippen LogP contribution in [0.15, 0.2) is 47.1 Å². The summed E-state index contributed by atoms with van der Waals surface area (Å²) in [6, 6.07) is 9.07. The highest BCUT2D eigenvalue weighted by molar-refractivity contribution is 5.94. The van der Waals surface area contributed by atoms with Crippen LogP contribution in [0.25, 0.3) is 0 Å². The highest BCUT2D eigenvalue weighted by Crippen LogP contribution is 2.21. The smallest absolute Gasteiger partial charge is 0.325 e. The maximum atomic E-state index is 13.1. The second kappa shape index (κ2) is 8.29. The van der Waals surface area contributed by atoms with E-state index in [1.165, 1.54) is 4.90 Å². The van der Waals surface area contributed by atoms with Crippen molar-refractivity contribution in [3.63, 3.8) is 0 Å². The molecule has 1 atom stereocenters. The van der Waals surface area contributed by atoms with Crippen molar-refractivity contribution in [1.29, 1.82) is 0 Å². The Morgan fingerprint density at radius 3 is 2.67 bits per heavy atom. The van der Waals surface area contributed by atoms with Crippen molar-refractivity contribution in [2.75, 3.05) is 24.5 Å². The standard InChI is InChI=1S/C18H24N4O2/c1-4-21(10-11-23)18(24)22(16-8-6-5-7-9-16)17-12-14(2)20-15(3)19-13-17/h5-9,11-12,17H,4,10,13H2,1-3H3,(H,19,20). The third-order valence-electron chi connectivity index (χ3n) is 3.86. The molecule has 128 valence electrons. The average molecular weight is 328 g/mol. The molecule has 1 aliphatic heterocycles. The summed E-state index contributed by atoms with van der Waals surface area (Å²) in [4.78, 5) is 31.7. The van der Waals surface area contributed by atoms with Crippen molar-refractivity contribution < 1.29 is 9.59 Å². The maximum absolute atomic E-state index is 13.1. The van der Waals surface area contributed by atoms with Crippen LogP contribution in [0.5, 0.6) is 0 Å². The lowest BCUT2D eigenvalue weighted by Gasteiger charge is -2.33. The lowest BCUT2D eigenvalue weighted by molar-refractivity contribution is -0.108. The number of rotatable bonds is 5. The van der Waals surface area contributed by atoms with Crippen molar-refractivity contribution in [3.05, 3.63) is 42.1 Å². The molecule has 0 bridgehead atoms. The Bertz CT molecular complexity index is 640. The number of amides is 2. The predicted molar refractivity (Wildman–Crippen MR) is 96.3 cm³/mol. The fourth-order valence-electron chi connectivity index (χ4n) is 2.71. The molecule has 1 aliphatic rings. The van der Waals surface area contributed by atoms with Crippen LogP contribution in [0, 0.1) is 0 Å². The molecule has 1 heterocycles. The topological polar surface area (TPSA) is 65.0 Å². The van der Waals surface area contributed by atoms with Crippen LogP contribution in [-0.2, 0) is 4.79 Å². The average Bonchev–Trinajstić information content (AvgIpc) is 2.74. The highest BCUT2D eigenvalue weighted by atomic mass is 16.2. The third-order valence-corrected chi connectivity index (χ3v) is 3.86. The highest BCUT2D eigenvalue weighted by Gasteiger charge is 2.28. The van der Waals surface area contributed by atoms with Gasteiger partial charge in [0, 0.05) is 17.9 Å². The van der Waals surface area contributed by atoms with Gasteiger partial charge in [-0.05, 0) is 39.0 Å². The molecule has 1 N–H and O–H groups in total. The first-order chi connectivity index (χ1) is 11.6. The number of nitrogens with zero attached hydrogens (tertiary/aromatic N) is 3. The van der Waals surface area contributed by atoms with Gasteiger partial charge in [0.2, 0.25) is 0 Å². The van der Waals surface area contributed by atoms with Gasteiger partial charge in [0.05, 0.1) is 25.0 Å². The number of anilines is 1. The molecular weight excluding hydrogens is 304 g/mol. The number of hydrogen-bond donors (Lipinski definition) is 1. The van der Waals surface area contributed by atoms with E-state index < -0.39 is 0 Å². The van der Waals surface area contributed by atoms with Crippen LogP contribution in [0.1, 0.15) is 20.8 Å². The summed E-state index contributed by atoms with van der Waals surface area (Å²) in [5.41, 5.74) is 1.74. The third kappa shape index (κ3) is 4.22. The molecule has 0 radical (unpaired) electrons. The van der Waals surface area contributed by atoms with Crippen LogP contribution in [0.4, 0.5) is 10.5 Å². The van der Waals surface area contributed by atoms with Crippen molar-refractivity contribution in [3.8, 4) is 0 Å². The van der Waals surface area contributed by atoms with Crippen LogP contribution < -0.4 is 10.2 Å².